The topological polar surface area (TPSA) is 32.3 Å². The van der Waals surface area contributed by atoms with Gasteiger partial charge in [0.15, 0.2) is 0 Å². The second-order valence-corrected chi connectivity index (χ2v) is 4.90. The molecule has 2 unspecified atom stereocenters. The van der Waals surface area contributed by atoms with Gasteiger partial charge in [-0.15, -0.1) is 0 Å². The predicted molar refractivity (Wildman–Crippen MR) is 72.9 cm³/mol. The fraction of sp³-hybridized carbons (Fsp3) is 0.600. The van der Waals surface area contributed by atoms with E-state index in [0.29, 0.717) is 5.92 Å². The number of rotatable bonds is 8. The van der Waals surface area contributed by atoms with Crippen LogP contribution in [0.3, 0.4) is 0 Å². The molecule has 0 saturated heterocycles. The number of benzene rings is 1. The molecule has 0 heterocycles. The van der Waals surface area contributed by atoms with Crippen LogP contribution < -0.4 is 5.32 Å². The molecule has 0 amide bonds. The van der Waals surface area contributed by atoms with Gasteiger partial charge in [-0.2, -0.15) is 0 Å². The molecule has 1 aromatic rings. The molecular formula is C15H24FNO. The van der Waals surface area contributed by atoms with Crippen LogP contribution in [0.4, 0.5) is 4.39 Å². The maximum Gasteiger partial charge on any atom is 0.123 e. The number of nitrogens with one attached hydrogen (secondary N) is 1. The first-order chi connectivity index (χ1) is 8.67. The van der Waals surface area contributed by atoms with Crippen molar-refractivity contribution in [1.82, 2.24) is 5.32 Å². The zero-order valence-corrected chi connectivity index (χ0v) is 11.3. The van der Waals surface area contributed by atoms with Crippen LogP contribution in [-0.2, 0) is 0 Å². The Morgan fingerprint density at radius 3 is 2.50 bits per heavy atom. The SMILES string of the molecule is CCC(NCCCC(C)CO)c1ccc(F)cc1. The third-order valence-corrected chi connectivity index (χ3v) is 3.26. The molecular weight excluding hydrogens is 229 g/mol. The van der Waals surface area contributed by atoms with Crippen LogP contribution in [0.2, 0.25) is 0 Å². The van der Waals surface area contributed by atoms with E-state index in [1.807, 2.05) is 12.1 Å². The summed E-state index contributed by atoms with van der Waals surface area (Å²) in [6.07, 6.45) is 3.07. The smallest absolute Gasteiger partial charge is 0.123 e. The first kappa shape index (κ1) is 15.1. The summed E-state index contributed by atoms with van der Waals surface area (Å²) in [4.78, 5) is 0. The van der Waals surface area contributed by atoms with Crippen molar-refractivity contribution in [3.63, 3.8) is 0 Å². The minimum Gasteiger partial charge on any atom is -0.396 e. The Morgan fingerprint density at radius 1 is 1.28 bits per heavy atom. The zero-order valence-electron chi connectivity index (χ0n) is 11.3. The summed E-state index contributed by atoms with van der Waals surface area (Å²) >= 11 is 0. The molecule has 2 N–H and O–H groups in total. The van der Waals surface area contributed by atoms with E-state index in [2.05, 4.69) is 19.2 Å². The molecule has 18 heavy (non-hydrogen) atoms. The van der Waals surface area contributed by atoms with Crippen LogP contribution in [0.25, 0.3) is 0 Å². The Kier molecular flexibility index (Phi) is 6.91. The van der Waals surface area contributed by atoms with Crippen LogP contribution in [0.5, 0.6) is 0 Å². The third kappa shape index (κ3) is 5.15. The van der Waals surface area contributed by atoms with E-state index in [1.165, 1.54) is 12.1 Å². The third-order valence-electron chi connectivity index (χ3n) is 3.26. The molecule has 2 atom stereocenters. The van der Waals surface area contributed by atoms with E-state index in [9.17, 15) is 4.39 Å². The van der Waals surface area contributed by atoms with Crippen LogP contribution in [0, 0.1) is 11.7 Å². The maximum atomic E-state index is 12.8. The monoisotopic (exact) mass is 253 g/mol. The highest BCUT2D eigenvalue weighted by atomic mass is 19.1. The summed E-state index contributed by atoms with van der Waals surface area (Å²) in [7, 11) is 0. The summed E-state index contributed by atoms with van der Waals surface area (Å²) in [6.45, 7) is 5.37. The molecule has 0 spiro atoms. The van der Waals surface area contributed by atoms with Gasteiger partial charge in [0.2, 0.25) is 0 Å². The van der Waals surface area contributed by atoms with E-state index < -0.39 is 0 Å². The summed E-state index contributed by atoms with van der Waals surface area (Å²) in [5.41, 5.74) is 1.13. The standard InChI is InChI=1S/C15H24FNO/c1-3-15(13-6-8-14(16)9-7-13)17-10-4-5-12(2)11-18/h6-9,12,15,17-18H,3-5,10-11H2,1-2H3. The zero-order chi connectivity index (χ0) is 13.4. The van der Waals surface area contributed by atoms with Gasteiger partial charge in [0.1, 0.15) is 5.82 Å². The summed E-state index contributed by atoms with van der Waals surface area (Å²) < 4.78 is 12.8. The number of aliphatic hydroxyl groups is 1. The fourth-order valence-corrected chi connectivity index (χ4v) is 2.01. The summed E-state index contributed by atoms with van der Waals surface area (Å²) in [6, 6.07) is 6.98. The lowest BCUT2D eigenvalue weighted by Gasteiger charge is -2.18. The predicted octanol–water partition coefficient (Wildman–Crippen LogP) is 3.28. The van der Waals surface area contributed by atoms with Crippen molar-refractivity contribution in [3.8, 4) is 0 Å². The molecule has 2 nitrogen and oxygen atoms in total. The Bertz CT molecular complexity index is 326. The van der Waals surface area contributed by atoms with Crippen molar-refractivity contribution in [2.75, 3.05) is 13.2 Å². The van der Waals surface area contributed by atoms with Gasteiger partial charge in [0.05, 0.1) is 0 Å². The van der Waals surface area contributed by atoms with Crippen molar-refractivity contribution in [2.45, 2.75) is 39.2 Å². The fourth-order valence-electron chi connectivity index (χ4n) is 2.01. The van der Waals surface area contributed by atoms with E-state index in [0.717, 1.165) is 31.4 Å². The second-order valence-electron chi connectivity index (χ2n) is 4.90. The molecule has 0 bridgehead atoms. The van der Waals surface area contributed by atoms with Gasteiger partial charge in [0.25, 0.3) is 0 Å². The van der Waals surface area contributed by atoms with E-state index in [1.54, 1.807) is 0 Å². The van der Waals surface area contributed by atoms with Crippen molar-refractivity contribution in [3.05, 3.63) is 35.6 Å². The largest absolute Gasteiger partial charge is 0.396 e. The second kappa shape index (κ2) is 8.22. The Balaban J connectivity index is 2.36. The van der Waals surface area contributed by atoms with E-state index in [4.69, 9.17) is 5.11 Å². The highest BCUT2D eigenvalue weighted by Crippen LogP contribution is 2.17. The highest BCUT2D eigenvalue weighted by Gasteiger charge is 2.08. The van der Waals surface area contributed by atoms with Crippen LogP contribution in [0.15, 0.2) is 24.3 Å². The molecule has 0 aliphatic carbocycles. The molecule has 1 aromatic carbocycles. The van der Waals surface area contributed by atoms with Gasteiger partial charge in [-0.1, -0.05) is 26.0 Å². The number of hydrogen-bond acceptors (Lipinski definition) is 2. The number of aliphatic hydroxyl groups excluding tert-OH is 1. The number of hydrogen-bond donors (Lipinski definition) is 2. The van der Waals surface area contributed by atoms with Crippen molar-refractivity contribution < 1.29 is 9.50 Å². The highest BCUT2D eigenvalue weighted by molar-refractivity contribution is 5.19. The Morgan fingerprint density at radius 2 is 1.94 bits per heavy atom. The van der Waals surface area contributed by atoms with Crippen LogP contribution in [-0.4, -0.2) is 18.3 Å². The van der Waals surface area contributed by atoms with Gasteiger partial charge in [-0.05, 0) is 49.4 Å². The normalized spacial score (nSPS) is 14.4. The van der Waals surface area contributed by atoms with Crippen LogP contribution >= 0.6 is 0 Å². The Hall–Kier alpha value is -0.930. The quantitative estimate of drug-likeness (QED) is 0.697. The first-order valence-corrected chi connectivity index (χ1v) is 6.77. The molecule has 0 aromatic heterocycles. The first-order valence-electron chi connectivity index (χ1n) is 6.77. The minimum absolute atomic E-state index is 0.189. The van der Waals surface area contributed by atoms with Gasteiger partial charge in [-0.3, -0.25) is 0 Å². The van der Waals surface area contributed by atoms with Gasteiger partial charge < -0.3 is 10.4 Å². The lowest BCUT2D eigenvalue weighted by atomic mass is 10.0. The van der Waals surface area contributed by atoms with Crippen molar-refractivity contribution >= 4 is 0 Å². The number of halogens is 1. The molecule has 0 saturated carbocycles. The van der Waals surface area contributed by atoms with Gasteiger partial charge in [-0.25, -0.2) is 4.39 Å². The lowest BCUT2D eigenvalue weighted by molar-refractivity contribution is 0.227. The minimum atomic E-state index is -0.189. The maximum absolute atomic E-state index is 12.8. The van der Waals surface area contributed by atoms with Gasteiger partial charge >= 0.3 is 0 Å². The summed E-state index contributed by atoms with van der Waals surface area (Å²) in [5.74, 6) is 0.183. The molecule has 0 aliphatic rings. The van der Waals surface area contributed by atoms with Crippen molar-refractivity contribution in [2.24, 2.45) is 5.92 Å². The molecule has 0 radical (unpaired) electrons. The van der Waals surface area contributed by atoms with E-state index in [-0.39, 0.29) is 18.5 Å². The molecule has 0 aliphatic heterocycles. The summed E-state index contributed by atoms with van der Waals surface area (Å²) in [5, 5.41) is 12.4. The van der Waals surface area contributed by atoms with Gasteiger partial charge in [0, 0.05) is 12.6 Å². The average molecular weight is 253 g/mol. The molecule has 0 fully saturated rings. The molecule has 102 valence electrons. The van der Waals surface area contributed by atoms with E-state index >= 15 is 0 Å². The average Bonchev–Trinajstić information content (AvgIpc) is 2.40. The molecule has 1 rings (SSSR count). The van der Waals surface area contributed by atoms with Crippen LogP contribution in [0.1, 0.15) is 44.7 Å². The Labute approximate surface area is 109 Å². The van der Waals surface area contributed by atoms with Crippen molar-refractivity contribution in [1.29, 1.82) is 0 Å². The lowest BCUT2D eigenvalue weighted by Crippen LogP contribution is -2.22. The molecule has 3 heteroatoms.